The number of nitrogens with zero attached hydrogens (tertiary/aromatic N) is 1. The lowest BCUT2D eigenvalue weighted by Gasteiger charge is -2.44. The monoisotopic (exact) mass is 523 g/mol. The summed E-state index contributed by atoms with van der Waals surface area (Å²) >= 11 is 0. The van der Waals surface area contributed by atoms with E-state index >= 15 is 0 Å². The quantitative estimate of drug-likeness (QED) is 0.134. The van der Waals surface area contributed by atoms with Crippen molar-refractivity contribution < 1.29 is 14.0 Å². The Morgan fingerprint density at radius 3 is 2.00 bits per heavy atom. The second-order valence-electron chi connectivity index (χ2n) is 11.0. The van der Waals surface area contributed by atoms with Crippen molar-refractivity contribution in [1.82, 2.24) is 4.90 Å². The molecule has 0 heterocycles. The molecule has 37 heavy (non-hydrogen) atoms. The molecule has 0 bridgehead atoms. The van der Waals surface area contributed by atoms with Gasteiger partial charge in [-0.15, -0.1) is 6.58 Å². The average molecular weight is 524 g/mol. The molecule has 0 spiro atoms. The van der Waals surface area contributed by atoms with Crippen LogP contribution in [0, 0.1) is 0 Å². The molecular formula is C32H49NO3Si. The van der Waals surface area contributed by atoms with Crippen LogP contribution in [0.25, 0.3) is 0 Å². The van der Waals surface area contributed by atoms with E-state index in [1.807, 2.05) is 39.0 Å². The molecule has 4 nitrogen and oxygen atoms in total. The van der Waals surface area contributed by atoms with Gasteiger partial charge in [-0.1, -0.05) is 87.5 Å². The van der Waals surface area contributed by atoms with E-state index in [9.17, 15) is 4.79 Å². The summed E-state index contributed by atoms with van der Waals surface area (Å²) in [6.07, 6.45) is 2.75. The Kier molecular flexibility index (Phi) is 12.3. The number of benzene rings is 2. The van der Waals surface area contributed by atoms with Gasteiger partial charge in [-0.3, -0.25) is 9.69 Å². The van der Waals surface area contributed by atoms with E-state index in [1.165, 1.54) is 11.1 Å². The highest BCUT2D eigenvalue weighted by atomic mass is 28.4. The summed E-state index contributed by atoms with van der Waals surface area (Å²) in [6, 6.07) is 24.1. The van der Waals surface area contributed by atoms with Gasteiger partial charge in [0, 0.05) is 18.6 Å². The molecule has 0 aliphatic rings. The molecule has 2 aromatic rings. The normalized spacial score (nSPS) is 14.7. The smallest absolute Gasteiger partial charge is 0.307 e. The minimum atomic E-state index is -1.96. The van der Waals surface area contributed by atoms with Crippen molar-refractivity contribution in [1.29, 1.82) is 0 Å². The summed E-state index contributed by atoms with van der Waals surface area (Å²) in [6.45, 7) is 19.5. The Labute approximate surface area is 227 Å². The van der Waals surface area contributed by atoms with Crippen LogP contribution in [0.2, 0.25) is 18.1 Å². The van der Waals surface area contributed by atoms with Crippen molar-refractivity contribution in [3.8, 4) is 0 Å². The van der Waals surface area contributed by atoms with E-state index in [0.717, 1.165) is 18.1 Å². The molecule has 2 rings (SSSR count). The molecule has 0 aliphatic carbocycles. The first-order chi connectivity index (χ1) is 17.6. The SMILES string of the molecule is C=CC[C@@H](O[Si](CC)(CC)CC)[C@@H](CC(=O)OC(C)(C)C)N(Cc1ccccc1)[C@@H](C)c1ccccc1. The summed E-state index contributed by atoms with van der Waals surface area (Å²) in [4.78, 5) is 15.8. The maximum Gasteiger partial charge on any atom is 0.307 e. The van der Waals surface area contributed by atoms with Gasteiger partial charge in [-0.25, -0.2) is 0 Å². The van der Waals surface area contributed by atoms with Gasteiger partial charge in [0.25, 0.3) is 0 Å². The van der Waals surface area contributed by atoms with Crippen LogP contribution in [-0.4, -0.2) is 36.9 Å². The first kappa shape index (κ1) is 31.0. The van der Waals surface area contributed by atoms with E-state index < -0.39 is 13.9 Å². The number of hydrogen-bond donors (Lipinski definition) is 0. The lowest BCUT2D eigenvalue weighted by atomic mass is 9.96. The summed E-state index contributed by atoms with van der Waals surface area (Å²) in [5.74, 6) is -0.190. The molecule has 0 unspecified atom stereocenters. The Hall–Kier alpha value is -2.21. The average Bonchev–Trinajstić information content (AvgIpc) is 2.88. The largest absolute Gasteiger partial charge is 0.460 e. The first-order valence-corrected chi connectivity index (χ1v) is 16.5. The zero-order chi connectivity index (χ0) is 27.5. The van der Waals surface area contributed by atoms with Gasteiger partial charge in [0.15, 0.2) is 8.32 Å². The topological polar surface area (TPSA) is 38.8 Å². The number of hydrogen-bond acceptors (Lipinski definition) is 4. The molecule has 0 saturated carbocycles. The van der Waals surface area contributed by atoms with Crippen molar-refractivity contribution in [3.63, 3.8) is 0 Å². The standard InChI is InChI=1S/C32H49NO3Si/c1-9-19-30(36-37(10-2,11-3)12-4)29(24-31(34)35-32(6,7)8)33(25-27-20-15-13-16-21-27)26(5)28-22-17-14-18-23-28/h9,13-18,20-23,26,29-30H,1,10-12,19,24-25H2,2-8H3/t26-,29+,30+/m0/s1. The van der Waals surface area contributed by atoms with Crippen LogP contribution in [0.3, 0.4) is 0 Å². The Morgan fingerprint density at radius 2 is 1.51 bits per heavy atom. The maximum absolute atomic E-state index is 13.3. The molecule has 0 aliphatic heterocycles. The number of carbonyl (C=O) groups is 1. The summed E-state index contributed by atoms with van der Waals surface area (Å²) in [5.41, 5.74) is 1.89. The summed E-state index contributed by atoms with van der Waals surface area (Å²) < 4.78 is 13.0. The van der Waals surface area contributed by atoms with Gasteiger partial charge >= 0.3 is 5.97 Å². The van der Waals surface area contributed by atoms with E-state index in [1.54, 1.807) is 0 Å². The molecular weight excluding hydrogens is 474 g/mol. The van der Waals surface area contributed by atoms with Gasteiger partial charge in [-0.05, 0) is 63.4 Å². The highest BCUT2D eigenvalue weighted by Gasteiger charge is 2.39. The van der Waals surface area contributed by atoms with Crippen LogP contribution in [0.5, 0.6) is 0 Å². The number of carbonyl (C=O) groups excluding carboxylic acids is 1. The second kappa shape index (κ2) is 14.7. The molecule has 0 aromatic heterocycles. The second-order valence-corrected chi connectivity index (χ2v) is 15.7. The van der Waals surface area contributed by atoms with Crippen molar-refractivity contribution in [2.45, 2.75) is 110 Å². The van der Waals surface area contributed by atoms with Crippen molar-refractivity contribution in [3.05, 3.63) is 84.4 Å². The van der Waals surface area contributed by atoms with Gasteiger partial charge in [0.05, 0.1) is 12.5 Å². The van der Waals surface area contributed by atoms with E-state index in [2.05, 4.69) is 87.7 Å². The van der Waals surface area contributed by atoms with Crippen LogP contribution < -0.4 is 0 Å². The van der Waals surface area contributed by atoms with Crippen LogP contribution in [-0.2, 0) is 20.5 Å². The minimum Gasteiger partial charge on any atom is -0.460 e. The Bertz CT molecular complexity index is 929. The van der Waals surface area contributed by atoms with E-state index in [0.29, 0.717) is 13.0 Å². The van der Waals surface area contributed by atoms with E-state index in [-0.39, 0.29) is 30.6 Å². The molecule has 0 saturated heterocycles. The lowest BCUT2D eigenvalue weighted by molar-refractivity contribution is -0.158. The fourth-order valence-corrected chi connectivity index (χ4v) is 7.94. The van der Waals surface area contributed by atoms with Crippen LogP contribution in [0.15, 0.2) is 73.3 Å². The molecule has 2 aromatic carbocycles. The van der Waals surface area contributed by atoms with Gasteiger partial charge in [-0.2, -0.15) is 0 Å². The maximum atomic E-state index is 13.3. The Balaban J connectivity index is 2.60. The van der Waals surface area contributed by atoms with Crippen molar-refractivity contribution in [2.75, 3.05) is 0 Å². The molecule has 0 amide bonds. The molecule has 0 fully saturated rings. The summed E-state index contributed by atoms with van der Waals surface area (Å²) in [5, 5.41) is 0. The minimum absolute atomic E-state index is 0.0747. The molecule has 0 radical (unpaired) electrons. The predicted molar refractivity (Wildman–Crippen MR) is 158 cm³/mol. The van der Waals surface area contributed by atoms with Crippen LogP contribution >= 0.6 is 0 Å². The van der Waals surface area contributed by atoms with Gasteiger partial charge in [0.2, 0.25) is 0 Å². The third-order valence-corrected chi connectivity index (χ3v) is 12.0. The zero-order valence-corrected chi connectivity index (χ0v) is 25.2. The fraction of sp³-hybridized carbons (Fsp3) is 0.531. The molecule has 0 N–H and O–H groups in total. The van der Waals surface area contributed by atoms with Gasteiger partial charge < -0.3 is 9.16 Å². The fourth-order valence-electron chi connectivity index (χ4n) is 5.04. The molecule has 204 valence electrons. The third-order valence-electron chi connectivity index (χ3n) is 7.37. The highest BCUT2D eigenvalue weighted by Crippen LogP contribution is 2.33. The number of ether oxygens (including phenoxy) is 1. The van der Waals surface area contributed by atoms with E-state index in [4.69, 9.17) is 9.16 Å². The summed E-state index contributed by atoms with van der Waals surface area (Å²) in [7, 11) is -1.96. The third kappa shape index (κ3) is 9.55. The van der Waals surface area contributed by atoms with Crippen LogP contribution in [0.1, 0.15) is 78.5 Å². The number of rotatable bonds is 15. The number of esters is 1. The molecule has 5 heteroatoms. The Morgan fingerprint density at radius 1 is 0.973 bits per heavy atom. The van der Waals surface area contributed by atoms with Crippen LogP contribution in [0.4, 0.5) is 0 Å². The first-order valence-electron chi connectivity index (χ1n) is 13.9. The van der Waals surface area contributed by atoms with Crippen molar-refractivity contribution >= 4 is 14.3 Å². The molecule has 3 atom stereocenters. The lowest BCUT2D eigenvalue weighted by Crippen LogP contribution is -2.52. The highest BCUT2D eigenvalue weighted by molar-refractivity contribution is 6.73. The predicted octanol–water partition coefficient (Wildman–Crippen LogP) is 8.32. The zero-order valence-electron chi connectivity index (χ0n) is 24.2. The van der Waals surface area contributed by atoms with Gasteiger partial charge in [0.1, 0.15) is 5.60 Å². The van der Waals surface area contributed by atoms with Crippen molar-refractivity contribution in [2.24, 2.45) is 0 Å².